The number of fused-ring (bicyclic) bond motifs is 1. The number of carbonyl (C=O) groups is 1. The van der Waals surface area contributed by atoms with Crippen molar-refractivity contribution in [1.82, 2.24) is 9.38 Å². The van der Waals surface area contributed by atoms with Crippen LogP contribution < -0.4 is 0 Å². The summed E-state index contributed by atoms with van der Waals surface area (Å²) in [5.74, 6) is -0.0274. The van der Waals surface area contributed by atoms with E-state index in [0.717, 1.165) is 0 Å². The first-order chi connectivity index (χ1) is 6.22. The third kappa shape index (κ3) is 1.11. The van der Waals surface area contributed by atoms with Crippen LogP contribution in [-0.4, -0.2) is 15.7 Å². The van der Waals surface area contributed by atoms with E-state index in [1.54, 1.807) is 11.3 Å². The maximum atomic E-state index is 12.8. The molecule has 4 heteroatoms. The van der Waals surface area contributed by atoms with E-state index in [1.807, 2.05) is 0 Å². The van der Waals surface area contributed by atoms with Crippen molar-refractivity contribution in [2.24, 2.45) is 0 Å². The number of aldehydes is 1. The van der Waals surface area contributed by atoms with Crippen molar-refractivity contribution in [1.29, 1.82) is 0 Å². The van der Waals surface area contributed by atoms with Crippen LogP contribution in [-0.2, 0) is 0 Å². The summed E-state index contributed by atoms with van der Waals surface area (Å²) in [6.45, 7) is 1.74. The van der Waals surface area contributed by atoms with E-state index in [0.29, 0.717) is 23.3 Å². The lowest BCUT2D eigenvalue weighted by molar-refractivity contribution is 0.111. The van der Waals surface area contributed by atoms with Gasteiger partial charge in [-0.1, -0.05) is 0 Å². The van der Waals surface area contributed by atoms with Crippen molar-refractivity contribution in [3.63, 3.8) is 0 Å². The molecule has 0 N–H and O–H groups in total. The summed E-state index contributed by atoms with van der Waals surface area (Å²) in [5, 5.41) is 0. The molecule has 2 aromatic heterocycles. The van der Waals surface area contributed by atoms with Gasteiger partial charge in [0.05, 0.1) is 11.2 Å². The van der Waals surface area contributed by atoms with Gasteiger partial charge in [0.15, 0.2) is 12.1 Å². The van der Waals surface area contributed by atoms with E-state index in [2.05, 4.69) is 4.98 Å². The van der Waals surface area contributed by atoms with Crippen LogP contribution in [0.15, 0.2) is 18.3 Å². The third-order valence-corrected chi connectivity index (χ3v) is 1.92. The molecule has 0 radical (unpaired) electrons. The van der Waals surface area contributed by atoms with Crippen LogP contribution in [0.25, 0.3) is 5.52 Å². The lowest BCUT2D eigenvalue weighted by Crippen LogP contribution is -1.91. The monoisotopic (exact) mass is 178 g/mol. The molecule has 3 nitrogen and oxygen atoms in total. The Kier molecular flexibility index (Phi) is 1.62. The lowest BCUT2D eigenvalue weighted by atomic mass is 10.3. The quantitative estimate of drug-likeness (QED) is 0.621. The molecule has 2 heterocycles. The molecular formula is C9H7FN2O. The first-order valence-corrected chi connectivity index (χ1v) is 3.82. The summed E-state index contributed by atoms with van der Waals surface area (Å²) in [7, 11) is 0. The van der Waals surface area contributed by atoms with Gasteiger partial charge in [-0.15, -0.1) is 0 Å². The van der Waals surface area contributed by atoms with Crippen LogP contribution in [0.5, 0.6) is 0 Å². The fourth-order valence-electron chi connectivity index (χ4n) is 1.32. The molecule has 0 bridgehead atoms. The Morgan fingerprint density at radius 2 is 2.38 bits per heavy atom. The zero-order valence-electron chi connectivity index (χ0n) is 6.99. The predicted octanol–water partition coefficient (Wildman–Crippen LogP) is 1.59. The first kappa shape index (κ1) is 7.91. The SMILES string of the molecule is Cc1nc(C=O)n2ccc(F)cc12. The normalized spacial score (nSPS) is 10.6. The molecule has 0 atom stereocenters. The van der Waals surface area contributed by atoms with E-state index in [9.17, 15) is 9.18 Å². The van der Waals surface area contributed by atoms with Crippen LogP contribution in [0.4, 0.5) is 4.39 Å². The van der Waals surface area contributed by atoms with Crippen molar-refractivity contribution in [2.75, 3.05) is 0 Å². The summed E-state index contributed by atoms with van der Waals surface area (Å²) < 4.78 is 14.4. The van der Waals surface area contributed by atoms with E-state index in [1.165, 1.54) is 18.3 Å². The number of carbonyl (C=O) groups excluding carboxylic acids is 1. The van der Waals surface area contributed by atoms with Gasteiger partial charge in [0.1, 0.15) is 5.82 Å². The van der Waals surface area contributed by atoms with Gasteiger partial charge in [-0.3, -0.25) is 9.20 Å². The van der Waals surface area contributed by atoms with Crippen LogP contribution in [0.2, 0.25) is 0 Å². The molecule has 13 heavy (non-hydrogen) atoms. The third-order valence-electron chi connectivity index (χ3n) is 1.92. The Morgan fingerprint density at radius 1 is 1.62 bits per heavy atom. The van der Waals surface area contributed by atoms with Gasteiger partial charge in [0.25, 0.3) is 0 Å². The average molecular weight is 178 g/mol. The van der Waals surface area contributed by atoms with E-state index < -0.39 is 0 Å². The van der Waals surface area contributed by atoms with Gasteiger partial charge >= 0.3 is 0 Å². The summed E-state index contributed by atoms with van der Waals surface area (Å²) >= 11 is 0. The summed E-state index contributed by atoms with van der Waals surface area (Å²) in [6.07, 6.45) is 2.15. The number of pyridine rings is 1. The Labute approximate surface area is 73.8 Å². The Morgan fingerprint density at radius 3 is 3.08 bits per heavy atom. The lowest BCUT2D eigenvalue weighted by Gasteiger charge is -1.94. The molecule has 0 saturated carbocycles. The van der Waals surface area contributed by atoms with Gasteiger partial charge in [-0.25, -0.2) is 9.37 Å². The molecule has 0 spiro atoms. The summed E-state index contributed by atoms with van der Waals surface area (Å²) in [5.41, 5.74) is 1.28. The smallest absolute Gasteiger partial charge is 0.185 e. The number of halogens is 1. The topological polar surface area (TPSA) is 34.4 Å². The minimum Gasteiger partial charge on any atom is -0.297 e. The molecule has 0 amide bonds. The van der Waals surface area contributed by atoms with Crippen molar-refractivity contribution < 1.29 is 9.18 Å². The number of imidazole rings is 1. The van der Waals surface area contributed by atoms with Gasteiger partial charge in [-0.2, -0.15) is 0 Å². The van der Waals surface area contributed by atoms with Gasteiger partial charge < -0.3 is 0 Å². The number of aryl methyl sites for hydroxylation is 1. The van der Waals surface area contributed by atoms with Gasteiger partial charge in [0.2, 0.25) is 0 Å². The van der Waals surface area contributed by atoms with Crippen LogP contribution in [0, 0.1) is 12.7 Å². The first-order valence-electron chi connectivity index (χ1n) is 3.82. The molecule has 0 fully saturated rings. The molecule has 0 aromatic carbocycles. The molecule has 0 aliphatic carbocycles. The summed E-state index contributed by atoms with van der Waals surface area (Å²) in [4.78, 5) is 14.5. The second-order valence-corrected chi connectivity index (χ2v) is 2.77. The zero-order chi connectivity index (χ0) is 9.42. The molecule has 2 aromatic rings. The van der Waals surface area contributed by atoms with Crippen molar-refractivity contribution >= 4 is 11.8 Å². The van der Waals surface area contributed by atoms with Crippen molar-refractivity contribution in [3.8, 4) is 0 Å². The number of hydrogen-bond acceptors (Lipinski definition) is 2. The molecule has 66 valence electrons. The van der Waals surface area contributed by atoms with Crippen molar-refractivity contribution in [2.45, 2.75) is 6.92 Å². The zero-order valence-corrected chi connectivity index (χ0v) is 6.99. The van der Waals surface area contributed by atoms with E-state index in [-0.39, 0.29) is 5.82 Å². The van der Waals surface area contributed by atoms with Gasteiger partial charge in [0, 0.05) is 6.20 Å². The summed E-state index contributed by atoms with van der Waals surface area (Å²) in [6, 6.07) is 2.65. The maximum absolute atomic E-state index is 12.8. The van der Waals surface area contributed by atoms with Crippen LogP contribution in [0.1, 0.15) is 16.3 Å². The fraction of sp³-hybridized carbons (Fsp3) is 0.111. The maximum Gasteiger partial charge on any atom is 0.185 e. The highest BCUT2D eigenvalue weighted by atomic mass is 19.1. The Hall–Kier alpha value is -1.71. The molecular weight excluding hydrogens is 171 g/mol. The fourth-order valence-corrected chi connectivity index (χ4v) is 1.32. The highest BCUT2D eigenvalue weighted by Crippen LogP contribution is 2.12. The predicted molar refractivity (Wildman–Crippen MR) is 45.3 cm³/mol. The van der Waals surface area contributed by atoms with E-state index >= 15 is 0 Å². The number of rotatable bonds is 1. The highest BCUT2D eigenvalue weighted by molar-refractivity contribution is 5.73. The Bertz CT molecular complexity index is 476. The average Bonchev–Trinajstić information content (AvgIpc) is 2.43. The Balaban J connectivity index is 2.88. The van der Waals surface area contributed by atoms with Gasteiger partial charge in [-0.05, 0) is 19.1 Å². The molecule has 0 saturated heterocycles. The number of hydrogen-bond donors (Lipinski definition) is 0. The molecule has 0 aliphatic heterocycles. The standard InChI is InChI=1S/C9H7FN2O/c1-6-8-4-7(10)2-3-12(8)9(5-13)11-6/h2-5H,1H3. The molecule has 0 unspecified atom stereocenters. The largest absolute Gasteiger partial charge is 0.297 e. The molecule has 0 aliphatic rings. The van der Waals surface area contributed by atoms with Crippen LogP contribution in [0.3, 0.4) is 0 Å². The molecule has 2 rings (SSSR count). The van der Waals surface area contributed by atoms with Crippen molar-refractivity contribution in [3.05, 3.63) is 35.7 Å². The minimum atomic E-state index is -0.326. The minimum absolute atomic E-state index is 0.299. The number of nitrogens with zero attached hydrogens (tertiary/aromatic N) is 2. The van der Waals surface area contributed by atoms with Crippen LogP contribution >= 0.6 is 0 Å². The van der Waals surface area contributed by atoms with E-state index in [4.69, 9.17) is 0 Å². The highest BCUT2D eigenvalue weighted by Gasteiger charge is 2.06. The number of aromatic nitrogens is 2. The second-order valence-electron chi connectivity index (χ2n) is 2.77. The second kappa shape index (κ2) is 2.65.